The van der Waals surface area contributed by atoms with Gasteiger partial charge in [-0.15, -0.1) is 0 Å². The summed E-state index contributed by atoms with van der Waals surface area (Å²) in [6, 6.07) is 0.111. The summed E-state index contributed by atoms with van der Waals surface area (Å²) >= 11 is 0. The van der Waals surface area contributed by atoms with Crippen LogP contribution in [0, 0.1) is 0 Å². The summed E-state index contributed by atoms with van der Waals surface area (Å²) in [6.07, 6.45) is 3.02. The zero-order chi connectivity index (χ0) is 7.11. The summed E-state index contributed by atoms with van der Waals surface area (Å²) in [4.78, 5) is 9.83. The highest BCUT2D eigenvalue weighted by molar-refractivity contribution is 5.49. The van der Waals surface area contributed by atoms with Crippen LogP contribution in [0.4, 0.5) is 0 Å². The fraction of sp³-hybridized carbons (Fsp3) is 0.833. The van der Waals surface area contributed by atoms with Gasteiger partial charge in [0.1, 0.15) is 6.29 Å². The maximum Gasteiger partial charge on any atom is 0.120 e. The molecule has 0 fully saturated rings. The van der Waals surface area contributed by atoms with Gasteiger partial charge < -0.3 is 16.3 Å². The molecule has 3 heteroatoms. The molecule has 0 saturated carbocycles. The van der Waals surface area contributed by atoms with Crippen LogP contribution in [0.3, 0.4) is 0 Å². The molecule has 0 amide bonds. The molecule has 0 aliphatic heterocycles. The molecule has 1 unspecified atom stereocenters. The molecule has 0 bridgehead atoms. The molecule has 0 aromatic heterocycles. The summed E-state index contributed by atoms with van der Waals surface area (Å²) in [6.45, 7) is 0.611. The average Bonchev–Trinajstić information content (AvgIpc) is 1.85. The van der Waals surface area contributed by atoms with E-state index >= 15 is 0 Å². The lowest BCUT2D eigenvalue weighted by Crippen LogP contribution is -2.23. The van der Waals surface area contributed by atoms with Gasteiger partial charge in [0.2, 0.25) is 0 Å². The van der Waals surface area contributed by atoms with Crippen molar-refractivity contribution in [2.75, 3.05) is 6.54 Å². The molecule has 0 aromatic carbocycles. The van der Waals surface area contributed by atoms with E-state index in [1.54, 1.807) is 0 Å². The number of nitrogens with two attached hydrogens (primary N) is 2. The molecule has 0 heterocycles. The summed E-state index contributed by atoms with van der Waals surface area (Å²) < 4.78 is 0. The quantitative estimate of drug-likeness (QED) is 0.499. The minimum atomic E-state index is 0.111. The van der Waals surface area contributed by atoms with Crippen LogP contribution in [0.25, 0.3) is 0 Å². The minimum absolute atomic E-state index is 0.111. The molecular weight excluding hydrogens is 116 g/mol. The van der Waals surface area contributed by atoms with E-state index in [-0.39, 0.29) is 6.04 Å². The van der Waals surface area contributed by atoms with Gasteiger partial charge in [0, 0.05) is 12.5 Å². The third-order valence-corrected chi connectivity index (χ3v) is 1.19. The van der Waals surface area contributed by atoms with E-state index in [0.29, 0.717) is 13.0 Å². The van der Waals surface area contributed by atoms with Crippen LogP contribution in [0.5, 0.6) is 0 Å². The minimum Gasteiger partial charge on any atom is -0.330 e. The molecule has 0 saturated heterocycles. The monoisotopic (exact) mass is 130 g/mol. The van der Waals surface area contributed by atoms with E-state index in [1.165, 1.54) is 0 Å². The van der Waals surface area contributed by atoms with Crippen LogP contribution in [0.15, 0.2) is 0 Å². The normalized spacial score (nSPS) is 13.1. The summed E-state index contributed by atoms with van der Waals surface area (Å²) in [5, 5.41) is 0. The van der Waals surface area contributed by atoms with Gasteiger partial charge in [-0.2, -0.15) is 0 Å². The highest BCUT2D eigenvalue weighted by Crippen LogP contribution is 1.94. The number of aldehydes is 1. The standard InChI is InChI=1S/C6H14N2O/c7-4-3-6(8)2-1-5-9/h5-6H,1-4,7-8H2. The Balaban J connectivity index is 3.04. The first-order valence-electron chi connectivity index (χ1n) is 3.20. The van der Waals surface area contributed by atoms with Crippen molar-refractivity contribution in [1.29, 1.82) is 0 Å². The highest BCUT2D eigenvalue weighted by atomic mass is 16.1. The summed E-state index contributed by atoms with van der Waals surface area (Å²) in [7, 11) is 0. The third-order valence-electron chi connectivity index (χ3n) is 1.19. The molecule has 0 radical (unpaired) electrons. The first-order chi connectivity index (χ1) is 4.31. The molecule has 0 spiro atoms. The van der Waals surface area contributed by atoms with E-state index in [2.05, 4.69) is 0 Å². The van der Waals surface area contributed by atoms with E-state index < -0.39 is 0 Å². The van der Waals surface area contributed by atoms with E-state index in [9.17, 15) is 4.79 Å². The largest absolute Gasteiger partial charge is 0.330 e. The Labute approximate surface area is 55.4 Å². The highest BCUT2D eigenvalue weighted by Gasteiger charge is 1.98. The Kier molecular flexibility index (Phi) is 5.46. The number of rotatable bonds is 5. The second-order valence-electron chi connectivity index (χ2n) is 2.08. The smallest absolute Gasteiger partial charge is 0.120 e. The maximum atomic E-state index is 9.83. The number of hydrogen-bond acceptors (Lipinski definition) is 3. The lowest BCUT2D eigenvalue weighted by atomic mass is 10.1. The van der Waals surface area contributed by atoms with Crippen molar-refractivity contribution in [2.45, 2.75) is 25.3 Å². The number of carbonyl (C=O) groups excluding carboxylic acids is 1. The van der Waals surface area contributed by atoms with Crippen LogP contribution >= 0.6 is 0 Å². The average molecular weight is 130 g/mol. The van der Waals surface area contributed by atoms with Gasteiger partial charge in [-0.05, 0) is 19.4 Å². The second kappa shape index (κ2) is 5.72. The van der Waals surface area contributed by atoms with Crippen LogP contribution < -0.4 is 11.5 Å². The Morgan fingerprint density at radius 3 is 2.56 bits per heavy atom. The van der Waals surface area contributed by atoms with E-state index in [4.69, 9.17) is 11.5 Å². The van der Waals surface area contributed by atoms with Crippen molar-refractivity contribution in [3.63, 3.8) is 0 Å². The molecule has 4 N–H and O–H groups in total. The second-order valence-corrected chi connectivity index (χ2v) is 2.08. The lowest BCUT2D eigenvalue weighted by Gasteiger charge is -2.05. The molecule has 54 valence electrons. The van der Waals surface area contributed by atoms with Crippen LogP contribution in [-0.2, 0) is 4.79 Å². The molecule has 0 rings (SSSR count). The van der Waals surface area contributed by atoms with Gasteiger partial charge in [0.05, 0.1) is 0 Å². The van der Waals surface area contributed by atoms with Crippen LogP contribution in [0.2, 0.25) is 0 Å². The first-order valence-corrected chi connectivity index (χ1v) is 3.20. The van der Waals surface area contributed by atoms with Crippen molar-refractivity contribution >= 4 is 6.29 Å². The van der Waals surface area contributed by atoms with Crippen LogP contribution in [0.1, 0.15) is 19.3 Å². The SMILES string of the molecule is NCCC(N)CCC=O. The molecule has 0 aliphatic carbocycles. The van der Waals surface area contributed by atoms with Crippen molar-refractivity contribution in [3.05, 3.63) is 0 Å². The van der Waals surface area contributed by atoms with Gasteiger partial charge in [0.15, 0.2) is 0 Å². The topological polar surface area (TPSA) is 69.1 Å². The van der Waals surface area contributed by atoms with Gasteiger partial charge in [-0.25, -0.2) is 0 Å². The molecule has 0 aliphatic rings. The maximum absolute atomic E-state index is 9.83. The molecular formula is C6H14N2O. The van der Waals surface area contributed by atoms with Gasteiger partial charge in [0.25, 0.3) is 0 Å². The zero-order valence-electron chi connectivity index (χ0n) is 5.55. The van der Waals surface area contributed by atoms with Crippen molar-refractivity contribution in [2.24, 2.45) is 11.5 Å². The van der Waals surface area contributed by atoms with Crippen molar-refractivity contribution in [1.82, 2.24) is 0 Å². The Morgan fingerprint density at radius 1 is 1.44 bits per heavy atom. The van der Waals surface area contributed by atoms with Crippen LogP contribution in [-0.4, -0.2) is 18.9 Å². The molecule has 9 heavy (non-hydrogen) atoms. The lowest BCUT2D eigenvalue weighted by molar-refractivity contribution is -0.108. The first kappa shape index (κ1) is 8.59. The Morgan fingerprint density at radius 2 is 2.11 bits per heavy atom. The van der Waals surface area contributed by atoms with Crippen molar-refractivity contribution in [3.8, 4) is 0 Å². The summed E-state index contributed by atoms with van der Waals surface area (Å²) in [5.41, 5.74) is 10.8. The van der Waals surface area contributed by atoms with Gasteiger partial charge >= 0.3 is 0 Å². The predicted molar refractivity (Wildman–Crippen MR) is 36.9 cm³/mol. The number of carbonyl (C=O) groups is 1. The molecule has 0 aromatic rings. The third kappa shape index (κ3) is 5.46. The Bertz CT molecular complexity index is 75.5. The van der Waals surface area contributed by atoms with Gasteiger partial charge in [-0.1, -0.05) is 0 Å². The van der Waals surface area contributed by atoms with E-state index in [1.807, 2.05) is 0 Å². The summed E-state index contributed by atoms with van der Waals surface area (Å²) in [5.74, 6) is 0. The van der Waals surface area contributed by atoms with E-state index in [0.717, 1.165) is 19.1 Å². The Hall–Kier alpha value is -0.410. The zero-order valence-corrected chi connectivity index (χ0v) is 5.55. The fourth-order valence-electron chi connectivity index (χ4n) is 0.641. The molecule has 1 atom stereocenters. The van der Waals surface area contributed by atoms with Crippen molar-refractivity contribution < 1.29 is 4.79 Å². The fourth-order valence-corrected chi connectivity index (χ4v) is 0.641. The van der Waals surface area contributed by atoms with Gasteiger partial charge in [-0.3, -0.25) is 0 Å². The predicted octanol–water partition coefficient (Wildman–Crippen LogP) is -0.358. The molecule has 3 nitrogen and oxygen atoms in total. The number of hydrogen-bond donors (Lipinski definition) is 2.